The van der Waals surface area contributed by atoms with Gasteiger partial charge < -0.3 is 5.32 Å². The minimum Gasteiger partial charge on any atom is -0.301 e. The number of hydrogen-bond donors (Lipinski definition) is 1. The van der Waals surface area contributed by atoms with Gasteiger partial charge in [0.15, 0.2) is 5.13 Å². The van der Waals surface area contributed by atoms with E-state index in [4.69, 9.17) is 11.6 Å². The predicted octanol–water partition coefficient (Wildman–Crippen LogP) is 4.19. The molecule has 0 bridgehead atoms. The number of fused-ring (bicyclic) bond motifs is 1. The maximum absolute atomic E-state index is 11.5. The van der Waals surface area contributed by atoms with E-state index in [2.05, 4.69) is 39.2 Å². The van der Waals surface area contributed by atoms with Gasteiger partial charge in [0.1, 0.15) is 5.38 Å². The zero-order chi connectivity index (χ0) is 13.3. The zero-order valence-corrected chi connectivity index (χ0v) is 13.1. The summed E-state index contributed by atoms with van der Waals surface area (Å²) in [6.07, 6.45) is 0.902. The molecule has 18 heavy (non-hydrogen) atoms. The molecule has 0 saturated carbocycles. The van der Waals surface area contributed by atoms with E-state index in [0.29, 0.717) is 5.13 Å². The van der Waals surface area contributed by atoms with Crippen molar-refractivity contribution in [3.63, 3.8) is 0 Å². The van der Waals surface area contributed by atoms with Gasteiger partial charge in [0, 0.05) is 4.47 Å². The minimum absolute atomic E-state index is 0.229. The Labute approximate surface area is 123 Å². The summed E-state index contributed by atoms with van der Waals surface area (Å²) in [6, 6.07) is 4.06. The number of aromatic nitrogens is 1. The molecule has 1 atom stereocenters. The summed E-state index contributed by atoms with van der Waals surface area (Å²) in [5.41, 5.74) is 2.11. The molecule has 0 aliphatic rings. The van der Waals surface area contributed by atoms with Crippen LogP contribution in [-0.2, 0) is 11.2 Å². The van der Waals surface area contributed by atoms with Gasteiger partial charge in [-0.1, -0.05) is 34.2 Å². The van der Waals surface area contributed by atoms with Gasteiger partial charge in [0.05, 0.1) is 10.2 Å². The molecule has 0 radical (unpaired) electrons. The number of rotatable bonds is 3. The Morgan fingerprint density at radius 1 is 1.61 bits per heavy atom. The van der Waals surface area contributed by atoms with Gasteiger partial charge in [-0.3, -0.25) is 4.79 Å². The number of thiazole rings is 1. The highest BCUT2D eigenvalue weighted by atomic mass is 79.9. The second-order valence-electron chi connectivity index (χ2n) is 3.89. The molecule has 3 nitrogen and oxygen atoms in total. The van der Waals surface area contributed by atoms with E-state index in [1.54, 1.807) is 6.92 Å². The van der Waals surface area contributed by atoms with Crippen molar-refractivity contribution >= 4 is 60.1 Å². The summed E-state index contributed by atoms with van der Waals surface area (Å²) in [6.45, 7) is 3.72. The number of carbonyl (C=O) groups excluding carboxylic acids is 1. The summed E-state index contributed by atoms with van der Waals surface area (Å²) in [4.78, 5) is 16.0. The quantitative estimate of drug-likeness (QED) is 0.846. The molecule has 0 aliphatic heterocycles. The number of benzene rings is 1. The first-order chi connectivity index (χ1) is 8.51. The fourth-order valence-electron chi connectivity index (χ4n) is 1.59. The number of anilines is 1. The summed E-state index contributed by atoms with van der Waals surface area (Å²) in [7, 11) is 0. The largest absolute Gasteiger partial charge is 0.301 e. The van der Waals surface area contributed by atoms with E-state index in [0.717, 1.165) is 26.7 Å². The highest BCUT2D eigenvalue weighted by Gasteiger charge is 2.13. The molecule has 1 amide bonds. The topological polar surface area (TPSA) is 42.0 Å². The Morgan fingerprint density at radius 2 is 2.33 bits per heavy atom. The molecule has 2 rings (SSSR count). The number of aryl methyl sites for hydroxylation is 1. The van der Waals surface area contributed by atoms with Crippen molar-refractivity contribution in [3.8, 4) is 0 Å². The summed E-state index contributed by atoms with van der Waals surface area (Å²) < 4.78 is 2.08. The van der Waals surface area contributed by atoms with Crippen LogP contribution in [0.2, 0.25) is 0 Å². The Hall–Kier alpha value is -0.650. The Bertz CT molecular complexity index is 597. The maximum atomic E-state index is 11.5. The van der Waals surface area contributed by atoms with E-state index in [9.17, 15) is 4.79 Å². The normalized spacial score (nSPS) is 12.7. The van der Waals surface area contributed by atoms with Crippen LogP contribution in [0.1, 0.15) is 19.4 Å². The van der Waals surface area contributed by atoms with E-state index in [1.165, 1.54) is 11.3 Å². The lowest BCUT2D eigenvalue weighted by Crippen LogP contribution is -2.20. The smallest absolute Gasteiger partial charge is 0.243 e. The van der Waals surface area contributed by atoms with Crippen molar-refractivity contribution < 1.29 is 4.79 Å². The van der Waals surface area contributed by atoms with Crippen LogP contribution in [0.5, 0.6) is 0 Å². The van der Waals surface area contributed by atoms with Gasteiger partial charge in [-0.05, 0) is 31.0 Å². The molecule has 6 heteroatoms. The van der Waals surface area contributed by atoms with Gasteiger partial charge in [-0.25, -0.2) is 4.98 Å². The van der Waals surface area contributed by atoms with Crippen molar-refractivity contribution in [2.24, 2.45) is 0 Å². The fraction of sp³-hybridized carbons (Fsp3) is 0.333. The molecular formula is C12H12BrClN2OS. The van der Waals surface area contributed by atoms with Gasteiger partial charge >= 0.3 is 0 Å². The first-order valence-electron chi connectivity index (χ1n) is 5.55. The highest BCUT2D eigenvalue weighted by Crippen LogP contribution is 2.31. The molecule has 0 saturated heterocycles. The van der Waals surface area contributed by atoms with Crippen molar-refractivity contribution in [2.45, 2.75) is 25.6 Å². The molecule has 1 heterocycles. The predicted molar refractivity (Wildman–Crippen MR) is 80.6 cm³/mol. The molecule has 96 valence electrons. The molecule has 1 aromatic carbocycles. The first kappa shape index (κ1) is 13.8. The average molecular weight is 348 g/mol. The lowest BCUT2D eigenvalue weighted by atomic mass is 10.1. The van der Waals surface area contributed by atoms with Crippen LogP contribution in [0, 0.1) is 0 Å². The average Bonchev–Trinajstić information content (AvgIpc) is 2.69. The summed E-state index contributed by atoms with van der Waals surface area (Å²) in [5, 5.41) is 2.75. The summed E-state index contributed by atoms with van der Waals surface area (Å²) in [5.74, 6) is -0.229. The van der Waals surface area contributed by atoms with Gasteiger partial charge in [-0.15, -0.1) is 11.6 Å². The number of nitrogens with zero attached hydrogens (tertiary/aromatic N) is 1. The van der Waals surface area contributed by atoms with Crippen LogP contribution in [0.25, 0.3) is 10.2 Å². The molecule has 1 N–H and O–H groups in total. The number of amides is 1. The summed E-state index contributed by atoms with van der Waals surface area (Å²) >= 11 is 10.7. The molecule has 0 unspecified atom stereocenters. The van der Waals surface area contributed by atoms with Crippen LogP contribution < -0.4 is 5.32 Å². The third-order valence-electron chi connectivity index (χ3n) is 2.51. The lowest BCUT2D eigenvalue weighted by molar-refractivity contribution is -0.115. The Kier molecular flexibility index (Phi) is 4.25. The standard InChI is InChI=1S/C12H12BrClN2OS/c1-3-7-4-8(13)5-9-10(7)15-12(18-9)16-11(17)6(2)14/h4-6H,3H2,1-2H3,(H,15,16,17)/t6-/m0/s1. The van der Waals surface area contributed by atoms with Gasteiger partial charge in [-0.2, -0.15) is 0 Å². The van der Waals surface area contributed by atoms with Crippen LogP contribution in [-0.4, -0.2) is 16.3 Å². The third kappa shape index (κ3) is 2.84. The SMILES string of the molecule is CCc1cc(Br)cc2sc(NC(=O)[C@H](C)Cl)nc12. The maximum Gasteiger partial charge on any atom is 0.243 e. The number of hydrogen-bond acceptors (Lipinski definition) is 3. The van der Waals surface area contributed by atoms with Crippen molar-refractivity contribution in [3.05, 3.63) is 22.2 Å². The Morgan fingerprint density at radius 3 is 2.94 bits per heavy atom. The van der Waals surface area contributed by atoms with E-state index in [1.807, 2.05) is 6.07 Å². The number of nitrogens with one attached hydrogen (secondary N) is 1. The minimum atomic E-state index is -0.561. The van der Waals surface area contributed by atoms with Crippen LogP contribution >= 0.6 is 38.9 Å². The van der Waals surface area contributed by atoms with E-state index in [-0.39, 0.29) is 5.91 Å². The first-order valence-corrected chi connectivity index (χ1v) is 7.59. The molecule has 2 aromatic rings. The van der Waals surface area contributed by atoms with Crippen LogP contribution in [0.15, 0.2) is 16.6 Å². The number of halogens is 2. The van der Waals surface area contributed by atoms with Crippen LogP contribution in [0.3, 0.4) is 0 Å². The lowest BCUT2D eigenvalue weighted by Gasteiger charge is -2.01. The number of alkyl halides is 1. The molecule has 0 aliphatic carbocycles. The highest BCUT2D eigenvalue weighted by molar-refractivity contribution is 9.10. The van der Waals surface area contributed by atoms with Crippen LogP contribution in [0.4, 0.5) is 5.13 Å². The van der Waals surface area contributed by atoms with E-state index >= 15 is 0 Å². The second-order valence-corrected chi connectivity index (χ2v) is 6.49. The van der Waals surface area contributed by atoms with Crippen molar-refractivity contribution in [1.82, 2.24) is 4.98 Å². The second kappa shape index (κ2) is 5.55. The fourth-order valence-corrected chi connectivity index (χ4v) is 3.26. The molecular weight excluding hydrogens is 336 g/mol. The monoisotopic (exact) mass is 346 g/mol. The van der Waals surface area contributed by atoms with Gasteiger partial charge in [0.25, 0.3) is 0 Å². The van der Waals surface area contributed by atoms with E-state index < -0.39 is 5.38 Å². The molecule has 0 fully saturated rings. The molecule has 1 aromatic heterocycles. The number of carbonyl (C=O) groups is 1. The van der Waals surface area contributed by atoms with Gasteiger partial charge in [0.2, 0.25) is 5.91 Å². The van der Waals surface area contributed by atoms with Crippen molar-refractivity contribution in [2.75, 3.05) is 5.32 Å². The molecule has 0 spiro atoms. The third-order valence-corrected chi connectivity index (χ3v) is 4.08. The zero-order valence-electron chi connectivity index (χ0n) is 9.96. The van der Waals surface area contributed by atoms with Crippen molar-refractivity contribution in [1.29, 1.82) is 0 Å². The Balaban J connectivity index is 2.41.